The Labute approximate surface area is 112 Å². The normalized spacial score (nSPS) is 17.4. The fourth-order valence-corrected chi connectivity index (χ4v) is 2.72. The molecule has 1 aliphatic carbocycles. The molecule has 0 amide bonds. The maximum atomic E-state index is 5.90. The summed E-state index contributed by atoms with van der Waals surface area (Å²) in [5.41, 5.74) is 7.85. The van der Waals surface area contributed by atoms with E-state index in [1.807, 2.05) is 19.1 Å². The van der Waals surface area contributed by atoms with Gasteiger partial charge < -0.3 is 15.5 Å². The van der Waals surface area contributed by atoms with E-state index >= 15 is 0 Å². The first-order valence-electron chi connectivity index (χ1n) is 6.93. The van der Waals surface area contributed by atoms with Gasteiger partial charge in [0.2, 0.25) is 5.88 Å². The van der Waals surface area contributed by atoms with E-state index in [4.69, 9.17) is 10.5 Å². The van der Waals surface area contributed by atoms with Gasteiger partial charge in [-0.05, 0) is 37.8 Å². The van der Waals surface area contributed by atoms with Gasteiger partial charge in [-0.15, -0.1) is 0 Å². The summed E-state index contributed by atoms with van der Waals surface area (Å²) in [4.78, 5) is 12.3. The van der Waals surface area contributed by atoms with Crippen molar-refractivity contribution in [3.8, 4) is 5.88 Å². The van der Waals surface area contributed by atoms with Crippen LogP contribution in [0.2, 0.25) is 0 Å². The molecule has 102 valence electrons. The van der Waals surface area contributed by atoms with Crippen molar-refractivity contribution in [3.63, 3.8) is 0 Å². The molecule has 3 rings (SSSR count). The Balaban J connectivity index is 1.84. The molecule has 5 nitrogen and oxygen atoms in total. The van der Waals surface area contributed by atoms with Gasteiger partial charge in [-0.2, -0.15) is 4.98 Å². The van der Waals surface area contributed by atoms with Crippen molar-refractivity contribution in [2.24, 2.45) is 11.1 Å². The average Bonchev–Trinajstić information content (AvgIpc) is 2.76. The highest BCUT2D eigenvalue weighted by molar-refractivity contribution is 5.71. The lowest BCUT2D eigenvalue weighted by atomic mass is 9.66. The summed E-state index contributed by atoms with van der Waals surface area (Å²) in [5.74, 6) is 1.62. The third-order valence-corrected chi connectivity index (χ3v) is 4.05. The van der Waals surface area contributed by atoms with E-state index in [1.165, 1.54) is 19.3 Å². The minimum atomic E-state index is 0.261. The Hall–Kier alpha value is -1.62. The van der Waals surface area contributed by atoms with Crippen LogP contribution in [0.3, 0.4) is 0 Å². The van der Waals surface area contributed by atoms with Crippen molar-refractivity contribution in [2.45, 2.75) is 32.6 Å². The van der Waals surface area contributed by atoms with Crippen molar-refractivity contribution in [1.29, 1.82) is 0 Å². The first-order chi connectivity index (χ1) is 9.24. The number of hydrogen-bond acceptors (Lipinski definition) is 4. The predicted molar refractivity (Wildman–Crippen MR) is 74.1 cm³/mol. The maximum Gasteiger partial charge on any atom is 0.215 e. The molecule has 0 radical (unpaired) electrons. The van der Waals surface area contributed by atoms with Crippen LogP contribution in [-0.4, -0.2) is 28.1 Å². The molecule has 0 saturated heterocycles. The number of hydrogen-bond donors (Lipinski definition) is 2. The summed E-state index contributed by atoms with van der Waals surface area (Å²) in [5, 5.41) is 0. The number of ether oxygens (including phenoxy) is 1. The molecular weight excluding hydrogens is 240 g/mol. The third kappa shape index (κ3) is 2.30. The maximum absolute atomic E-state index is 5.90. The van der Waals surface area contributed by atoms with E-state index < -0.39 is 0 Å². The summed E-state index contributed by atoms with van der Waals surface area (Å²) in [6.07, 6.45) is 4.62. The fourth-order valence-electron chi connectivity index (χ4n) is 2.72. The van der Waals surface area contributed by atoms with Crippen molar-refractivity contribution in [2.75, 3.05) is 13.2 Å². The summed E-state index contributed by atoms with van der Waals surface area (Å²) >= 11 is 0. The lowest BCUT2D eigenvalue weighted by molar-refractivity contribution is 0.142. The van der Waals surface area contributed by atoms with Crippen molar-refractivity contribution >= 4 is 11.2 Å². The molecule has 0 aliphatic heterocycles. The molecule has 19 heavy (non-hydrogen) atoms. The number of aromatic amines is 1. The molecule has 2 aromatic rings. The van der Waals surface area contributed by atoms with E-state index in [0.29, 0.717) is 12.5 Å². The predicted octanol–water partition coefficient (Wildman–Crippen LogP) is 2.03. The summed E-state index contributed by atoms with van der Waals surface area (Å²) in [7, 11) is 0. The number of rotatable bonds is 5. The second-order valence-corrected chi connectivity index (χ2v) is 5.37. The summed E-state index contributed by atoms with van der Waals surface area (Å²) in [6.45, 7) is 3.30. The molecule has 0 bridgehead atoms. The van der Waals surface area contributed by atoms with E-state index in [-0.39, 0.29) is 5.41 Å². The Kier molecular flexibility index (Phi) is 3.14. The Bertz CT molecular complexity index is 568. The SMILES string of the molecule is CCOc1ccc2[nH]c(CC3(CN)CCC3)nc2n1. The van der Waals surface area contributed by atoms with Gasteiger partial charge in [-0.25, -0.2) is 4.98 Å². The van der Waals surface area contributed by atoms with Gasteiger partial charge in [0, 0.05) is 12.5 Å². The van der Waals surface area contributed by atoms with Gasteiger partial charge in [0.25, 0.3) is 0 Å². The van der Waals surface area contributed by atoms with Gasteiger partial charge in [0.1, 0.15) is 5.82 Å². The van der Waals surface area contributed by atoms with Crippen molar-refractivity contribution < 1.29 is 4.74 Å². The van der Waals surface area contributed by atoms with E-state index in [2.05, 4.69) is 15.0 Å². The molecule has 0 spiro atoms. The molecule has 2 heterocycles. The van der Waals surface area contributed by atoms with Crippen LogP contribution in [-0.2, 0) is 6.42 Å². The highest BCUT2D eigenvalue weighted by Gasteiger charge is 2.36. The zero-order valence-electron chi connectivity index (χ0n) is 11.3. The van der Waals surface area contributed by atoms with Gasteiger partial charge in [0.05, 0.1) is 12.1 Å². The average molecular weight is 260 g/mol. The van der Waals surface area contributed by atoms with Crippen LogP contribution in [0.25, 0.3) is 11.2 Å². The first-order valence-corrected chi connectivity index (χ1v) is 6.93. The van der Waals surface area contributed by atoms with Gasteiger partial charge >= 0.3 is 0 Å². The summed E-state index contributed by atoms with van der Waals surface area (Å²) in [6, 6.07) is 3.84. The monoisotopic (exact) mass is 260 g/mol. The van der Waals surface area contributed by atoms with Gasteiger partial charge in [0.15, 0.2) is 5.65 Å². The Morgan fingerprint density at radius 2 is 2.21 bits per heavy atom. The smallest absolute Gasteiger partial charge is 0.215 e. The van der Waals surface area contributed by atoms with Crippen molar-refractivity contribution in [1.82, 2.24) is 15.0 Å². The minimum absolute atomic E-state index is 0.261. The first kappa shape index (κ1) is 12.4. The molecular formula is C14H20N4O. The van der Waals surface area contributed by atoms with Crippen LogP contribution >= 0.6 is 0 Å². The second-order valence-electron chi connectivity index (χ2n) is 5.37. The zero-order valence-corrected chi connectivity index (χ0v) is 11.3. The van der Waals surface area contributed by atoms with Crippen LogP contribution in [0.1, 0.15) is 32.0 Å². The molecule has 0 unspecified atom stereocenters. The largest absolute Gasteiger partial charge is 0.478 e. The molecule has 1 fully saturated rings. The second kappa shape index (κ2) is 4.81. The van der Waals surface area contributed by atoms with Crippen LogP contribution in [0, 0.1) is 5.41 Å². The Morgan fingerprint density at radius 3 is 2.84 bits per heavy atom. The molecule has 3 N–H and O–H groups in total. The number of nitrogens with zero attached hydrogens (tertiary/aromatic N) is 2. The topological polar surface area (TPSA) is 76.8 Å². The molecule has 2 aromatic heterocycles. The number of imidazole rings is 1. The van der Waals surface area contributed by atoms with Gasteiger partial charge in [-0.1, -0.05) is 6.42 Å². The lowest BCUT2D eigenvalue weighted by Gasteiger charge is -2.40. The van der Waals surface area contributed by atoms with Crippen molar-refractivity contribution in [3.05, 3.63) is 18.0 Å². The number of nitrogens with two attached hydrogens (primary N) is 1. The Morgan fingerprint density at radius 1 is 1.37 bits per heavy atom. The zero-order chi connectivity index (χ0) is 13.3. The highest BCUT2D eigenvalue weighted by atomic mass is 16.5. The van der Waals surface area contributed by atoms with Gasteiger partial charge in [-0.3, -0.25) is 0 Å². The summed E-state index contributed by atoms with van der Waals surface area (Å²) < 4.78 is 5.39. The molecule has 5 heteroatoms. The van der Waals surface area contributed by atoms with Crippen LogP contribution in [0.5, 0.6) is 5.88 Å². The quantitative estimate of drug-likeness (QED) is 0.862. The minimum Gasteiger partial charge on any atom is -0.478 e. The standard InChI is InChI=1S/C14H20N4O/c1-2-19-12-5-4-10-13(18-12)17-11(16-10)8-14(9-15)6-3-7-14/h4-5H,2-3,6-9,15H2,1H3,(H,16,17,18). The molecule has 0 atom stereocenters. The van der Waals surface area contributed by atoms with Crippen LogP contribution in [0.15, 0.2) is 12.1 Å². The number of aromatic nitrogens is 3. The van der Waals surface area contributed by atoms with E-state index in [0.717, 1.165) is 30.0 Å². The number of pyridine rings is 1. The van der Waals surface area contributed by atoms with E-state index in [1.54, 1.807) is 0 Å². The fraction of sp³-hybridized carbons (Fsp3) is 0.571. The van der Waals surface area contributed by atoms with Crippen LogP contribution in [0.4, 0.5) is 0 Å². The number of H-pyrrole nitrogens is 1. The third-order valence-electron chi connectivity index (χ3n) is 4.05. The number of fused-ring (bicyclic) bond motifs is 1. The van der Waals surface area contributed by atoms with Crippen LogP contribution < -0.4 is 10.5 Å². The van der Waals surface area contributed by atoms with E-state index in [9.17, 15) is 0 Å². The molecule has 0 aromatic carbocycles. The highest BCUT2D eigenvalue weighted by Crippen LogP contribution is 2.42. The number of nitrogens with one attached hydrogen (secondary N) is 1. The lowest BCUT2D eigenvalue weighted by Crippen LogP contribution is -2.39. The molecule has 1 aliphatic rings. The molecule has 1 saturated carbocycles.